The summed E-state index contributed by atoms with van der Waals surface area (Å²) in [6.07, 6.45) is 1.72. The number of nitrogens with two attached hydrogens (primary N) is 1. The number of benzene rings is 1. The van der Waals surface area contributed by atoms with Crippen molar-refractivity contribution in [3.63, 3.8) is 0 Å². The third-order valence-electron chi connectivity index (χ3n) is 2.87. The molecule has 8 heteroatoms. The molecule has 2 rings (SSSR count). The van der Waals surface area contributed by atoms with Gasteiger partial charge in [0, 0.05) is 13.1 Å². The quantitative estimate of drug-likeness (QED) is 0.579. The van der Waals surface area contributed by atoms with E-state index >= 15 is 0 Å². The molecule has 1 aromatic carbocycles. The lowest BCUT2D eigenvalue weighted by atomic mass is 10.2. The molecular weight excluding hydrogens is 327 g/mol. The summed E-state index contributed by atoms with van der Waals surface area (Å²) >= 11 is 0. The molecule has 2 aromatic rings. The van der Waals surface area contributed by atoms with Crippen LogP contribution in [-0.4, -0.2) is 29.1 Å². The average molecular weight is 348 g/mol. The predicted molar refractivity (Wildman–Crippen MR) is 94.2 cm³/mol. The molecule has 0 aliphatic heterocycles. The smallest absolute Gasteiger partial charge is 0.300 e. The van der Waals surface area contributed by atoms with Crippen LogP contribution in [0.15, 0.2) is 41.5 Å². The van der Waals surface area contributed by atoms with E-state index in [9.17, 15) is 4.39 Å². The van der Waals surface area contributed by atoms with Crippen molar-refractivity contribution in [1.29, 1.82) is 0 Å². The van der Waals surface area contributed by atoms with Gasteiger partial charge in [0.1, 0.15) is 17.4 Å². The third-order valence-corrected chi connectivity index (χ3v) is 2.87. The minimum Gasteiger partial charge on any atom is -0.496 e. The fourth-order valence-corrected chi connectivity index (χ4v) is 1.76. The zero-order valence-corrected chi connectivity index (χ0v) is 14.3. The zero-order chi connectivity index (χ0) is 18.8. The van der Waals surface area contributed by atoms with Crippen LogP contribution in [0.25, 0.3) is 0 Å². The van der Waals surface area contributed by atoms with E-state index in [1.54, 1.807) is 24.4 Å². The number of nitrogens with one attached hydrogen (secondary N) is 1. The van der Waals surface area contributed by atoms with Gasteiger partial charge in [0.05, 0.1) is 19.2 Å². The first-order valence-electron chi connectivity index (χ1n) is 7.34. The number of ether oxygens (including phenoxy) is 1. The number of halogens is 1. The van der Waals surface area contributed by atoms with Crippen LogP contribution in [-0.2, 0) is 11.3 Å². The fourth-order valence-electron chi connectivity index (χ4n) is 1.76. The number of guanidine groups is 1. The van der Waals surface area contributed by atoms with Gasteiger partial charge in [-0.2, -0.15) is 0 Å². The van der Waals surface area contributed by atoms with Crippen LogP contribution in [0.1, 0.15) is 18.1 Å². The molecule has 0 saturated heterocycles. The topological polar surface area (TPSA) is 110 Å². The van der Waals surface area contributed by atoms with Crippen LogP contribution < -0.4 is 15.8 Å². The lowest BCUT2D eigenvalue weighted by Crippen LogP contribution is -2.23. The number of aryl methyl sites for hydroxylation is 1. The molecule has 1 aromatic heterocycles. The van der Waals surface area contributed by atoms with Crippen molar-refractivity contribution >= 4 is 17.7 Å². The minimum absolute atomic E-state index is 0.0839. The summed E-state index contributed by atoms with van der Waals surface area (Å²) in [7, 11) is 1.49. The van der Waals surface area contributed by atoms with Gasteiger partial charge in [0.2, 0.25) is 0 Å². The number of pyridine rings is 1. The highest BCUT2D eigenvalue weighted by molar-refractivity contribution is 5.91. The van der Waals surface area contributed by atoms with E-state index in [4.69, 9.17) is 20.4 Å². The first-order chi connectivity index (χ1) is 11.8. The number of carbonyl (C=O) groups is 1. The first kappa shape index (κ1) is 19.9. The Morgan fingerprint density at radius 3 is 2.64 bits per heavy atom. The third kappa shape index (κ3) is 7.30. The summed E-state index contributed by atoms with van der Waals surface area (Å²) in [4.78, 5) is 17.3. The maximum atomic E-state index is 13.7. The Morgan fingerprint density at radius 1 is 1.40 bits per heavy atom. The molecule has 0 radical (unpaired) electrons. The molecule has 0 unspecified atom stereocenters. The van der Waals surface area contributed by atoms with Crippen molar-refractivity contribution in [2.45, 2.75) is 20.4 Å². The Hall–Kier alpha value is -3.16. The van der Waals surface area contributed by atoms with Gasteiger partial charge in [0.15, 0.2) is 5.96 Å². The second kappa shape index (κ2) is 9.86. The zero-order valence-electron chi connectivity index (χ0n) is 14.3. The van der Waals surface area contributed by atoms with Crippen LogP contribution in [0.3, 0.4) is 0 Å². The molecule has 0 amide bonds. The molecule has 7 nitrogen and oxygen atoms in total. The number of aromatic nitrogens is 1. The van der Waals surface area contributed by atoms with Crippen molar-refractivity contribution in [2.24, 2.45) is 10.7 Å². The number of aliphatic imine (C=N–C) groups is 1. The second-order valence-electron chi connectivity index (χ2n) is 4.99. The van der Waals surface area contributed by atoms with Crippen LogP contribution in [0, 0.1) is 12.7 Å². The summed E-state index contributed by atoms with van der Waals surface area (Å²) in [5, 5.41) is 10.3. The molecule has 134 valence electrons. The van der Waals surface area contributed by atoms with Gasteiger partial charge in [-0.05, 0) is 30.7 Å². The summed E-state index contributed by atoms with van der Waals surface area (Å²) in [6, 6.07) is 8.32. The maximum absolute atomic E-state index is 13.7. The number of rotatable bonds is 4. The van der Waals surface area contributed by atoms with Gasteiger partial charge in [-0.3, -0.25) is 4.79 Å². The fraction of sp³-hybridized carbons (Fsp3) is 0.235. The summed E-state index contributed by atoms with van der Waals surface area (Å²) in [5.41, 5.74) is 7.18. The van der Waals surface area contributed by atoms with Gasteiger partial charge < -0.3 is 20.9 Å². The van der Waals surface area contributed by atoms with Crippen molar-refractivity contribution < 1.29 is 19.0 Å². The Bertz CT molecular complexity index is 729. The first-order valence-corrected chi connectivity index (χ1v) is 7.34. The second-order valence-corrected chi connectivity index (χ2v) is 4.99. The van der Waals surface area contributed by atoms with Crippen LogP contribution >= 0.6 is 0 Å². The molecule has 0 fully saturated rings. The van der Waals surface area contributed by atoms with Crippen molar-refractivity contribution in [3.05, 3.63) is 53.5 Å². The van der Waals surface area contributed by atoms with Crippen molar-refractivity contribution in [2.75, 3.05) is 12.4 Å². The lowest BCUT2D eigenvalue weighted by Gasteiger charge is -2.08. The van der Waals surface area contributed by atoms with Gasteiger partial charge in [-0.15, -0.1) is 0 Å². The minimum atomic E-state index is -0.833. The number of anilines is 1. The van der Waals surface area contributed by atoms with Gasteiger partial charge in [-0.1, -0.05) is 12.1 Å². The number of hydrogen-bond acceptors (Lipinski definition) is 4. The van der Waals surface area contributed by atoms with E-state index < -0.39 is 5.97 Å². The van der Waals surface area contributed by atoms with E-state index in [0.29, 0.717) is 17.1 Å². The lowest BCUT2D eigenvalue weighted by molar-refractivity contribution is -0.134. The summed E-state index contributed by atoms with van der Waals surface area (Å²) in [5.74, 6) is -0.0154. The molecule has 0 bridgehead atoms. The molecule has 0 aliphatic carbocycles. The molecule has 0 atom stereocenters. The molecular formula is C17H21FN4O3. The number of aliphatic carboxylic acids is 1. The Labute approximate surface area is 145 Å². The average Bonchev–Trinajstić information content (AvgIpc) is 2.55. The summed E-state index contributed by atoms with van der Waals surface area (Å²) < 4.78 is 18.8. The molecule has 4 N–H and O–H groups in total. The maximum Gasteiger partial charge on any atom is 0.300 e. The predicted octanol–water partition coefficient (Wildman–Crippen LogP) is 2.56. The number of carboxylic acids is 1. The van der Waals surface area contributed by atoms with Gasteiger partial charge >= 0.3 is 0 Å². The number of methoxy groups -OCH3 is 1. The monoisotopic (exact) mass is 348 g/mol. The van der Waals surface area contributed by atoms with Gasteiger partial charge in [-0.25, -0.2) is 14.4 Å². The van der Waals surface area contributed by atoms with Crippen LogP contribution in [0.2, 0.25) is 0 Å². The number of carboxylic acid groups (broad SMARTS) is 1. The molecule has 0 aliphatic rings. The highest BCUT2D eigenvalue weighted by Gasteiger charge is 2.08. The standard InChI is InChI=1S/C15H17FN4O.C2H4O2/c1-10-6-7-14(18-8-10)20-15(17)19-9-11-12(16)4-3-5-13(11)21-2;1-2(3)4/h3-8H,9H2,1-2H3,(H3,17,18,19,20);1H3,(H,3,4). The highest BCUT2D eigenvalue weighted by atomic mass is 19.1. The Balaban J connectivity index is 0.000000705. The van der Waals surface area contributed by atoms with E-state index in [1.165, 1.54) is 13.2 Å². The van der Waals surface area contributed by atoms with E-state index in [2.05, 4.69) is 15.3 Å². The Morgan fingerprint density at radius 2 is 2.08 bits per heavy atom. The van der Waals surface area contributed by atoms with E-state index in [1.807, 2.05) is 13.0 Å². The highest BCUT2D eigenvalue weighted by Crippen LogP contribution is 2.21. The van der Waals surface area contributed by atoms with Crippen molar-refractivity contribution in [3.8, 4) is 5.75 Å². The summed E-state index contributed by atoms with van der Waals surface area (Å²) in [6.45, 7) is 3.11. The SMILES string of the molecule is CC(=O)O.COc1cccc(F)c1CN=C(N)Nc1ccc(C)cn1. The molecule has 0 spiro atoms. The van der Waals surface area contributed by atoms with Crippen molar-refractivity contribution in [1.82, 2.24) is 4.98 Å². The molecule has 25 heavy (non-hydrogen) atoms. The van der Waals surface area contributed by atoms with E-state index in [0.717, 1.165) is 12.5 Å². The molecule has 0 saturated carbocycles. The van der Waals surface area contributed by atoms with Crippen LogP contribution in [0.5, 0.6) is 5.75 Å². The number of hydrogen-bond donors (Lipinski definition) is 3. The largest absolute Gasteiger partial charge is 0.496 e. The normalized spacial score (nSPS) is 10.5. The van der Waals surface area contributed by atoms with E-state index in [-0.39, 0.29) is 18.3 Å². The van der Waals surface area contributed by atoms with Crippen LogP contribution in [0.4, 0.5) is 10.2 Å². The Kier molecular flexibility index (Phi) is 7.85. The van der Waals surface area contributed by atoms with Gasteiger partial charge in [0.25, 0.3) is 5.97 Å². The number of nitrogens with zero attached hydrogens (tertiary/aromatic N) is 2. The molecule has 1 heterocycles.